The number of rotatable bonds is 5. The van der Waals surface area contributed by atoms with Crippen molar-refractivity contribution in [3.8, 4) is 0 Å². The summed E-state index contributed by atoms with van der Waals surface area (Å²) in [6, 6.07) is 1.52. The van der Waals surface area contributed by atoms with Crippen LogP contribution in [-0.4, -0.2) is 103 Å². The Labute approximate surface area is 287 Å². The van der Waals surface area contributed by atoms with E-state index in [-0.39, 0.29) is 24.0 Å². The molecule has 7 fully saturated rings. The summed E-state index contributed by atoms with van der Waals surface area (Å²) < 4.78 is 43.1. The SMILES string of the molecule is COC(=O)C[C@H]1[C@@]2(C)CC34OC5(C)O[C@]6([C@@H]7/C(=C(/O)C(C)C)C(=O)O[C@@H](c8ccoc8)[C@]7(C)[C@@H](O)[C@@H](O)[C@]6(O5)[C@]13C)[C@H](OC(C)=O)[C@@]4(O)[C@H]2O. The topological polar surface area (TPSA) is 221 Å². The maximum atomic E-state index is 14.4. The van der Waals surface area contributed by atoms with Crippen LogP contribution in [0.15, 0.2) is 34.3 Å². The fourth-order valence-corrected chi connectivity index (χ4v) is 12.6. The molecule has 0 aromatic carbocycles. The maximum absolute atomic E-state index is 14.4. The van der Waals surface area contributed by atoms with Gasteiger partial charge in [-0.25, -0.2) is 4.79 Å². The van der Waals surface area contributed by atoms with Gasteiger partial charge in [0.1, 0.15) is 29.2 Å². The second-order valence-corrected chi connectivity index (χ2v) is 16.4. The largest absolute Gasteiger partial charge is 0.511 e. The first-order chi connectivity index (χ1) is 23.2. The molecule has 50 heavy (non-hydrogen) atoms. The van der Waals surface area contributed by atoms with Crippen LogP contribution >= 0.6 is 0 Å². The highest BCUT2D eigenvalue weighted by Crippen LogP contribution is 2.89. The Hall–Kier alpha value is -3.05. The van der Waals surface area contributed by atoms with Gasteiger partial charge in [0.25, 0.3) is 5.97 Å². The molecule has 4 bridgehead atoms. The zero-order chi connectivity index (χ0) is 36.6. The summed E-state index contributed by atoms with van der Waals surface area (Å²) in [5.74, 6) is -8.51. The van der Waals surface area contributed by atoms with Crippen molar-refractivity contribution in [1.29, 1.82) is 0 Å². The van der Waals surface area contributed by atoms with E-state index in [9.17, 15) is 39.9 Å². The molecule has 5 N–H and O–H groups in total. The van der Waals surface area contributed by atoms with Crippen molar-refractivity contribution in [1.82, 2.24) is 0 Å². The zero-order valence-electron chi connectivity index (χ0n) is 29.1. The molecule has 7 aliphatic rings. The van der Waals surface area contributed by atoms with Crippen LogP contribution in [0.25, 0.3) is 0 Å². The summed E-state index contributed by atoms with van der Waals surface area (Å²) in [5, 5.41) is 63.4. The molecule has 0 amide bonds. The number of allylic oxidation sites excluding steroid dienone is 1. The predicted molar refractivity (Wildman–Crippen MR) is 163 cm³/mol. The van der Waals surface area contributed by atoms with Crippen LogP contribution in [0.5, 0.6) is 0 Å². The van der Waals surface area contributed by atoms with E-state index < -0.39 is 117 Å². The summed E-state index contributed by atoms with van der Waals surface area (Å²) in [4.78, 5) is 40.8. The molecule has 1 aromatic rings. The quantitative estimate of drug-likeness (QED) is 0.126. The first-order valence-corrected chi connectivity index (χ1v) is 16.9. The number of esters is 3. The third-order valence-electron chi connectivity index (χ3n) is 14.1. The van der Waals surface area contributed by atoms with Crippen LogP contribution in [0.2, 0.25) is 0 Å². The smallest absolute Gasteiger partial charge is 0.338 e. The van der Waals surface area contributed by atoms with Crippen LogP contribution in [-0.2, 0) is 42.8 Å². The molecule has 8 rings (SSSR count). The number of carbonyl (C=O) groups is 3. The van der Waals surface area contributed by atoms with E-state index >= 15 is 0 Å². The summed E-state index contributed by atoms with van der Waals surface area (Å²) in [6.07, 6.45) is -6.71. The van der Waals surface area contributed by atoms with Crippen LogP contribution in [0.3, 0.4) is 0 Å². The van der Waals surface area contributed by atoms with Crippen molar-refractivity contribution in [3.05, 3.63) is 35.5 Å². The van der Waals surface area contributed by atoms with Crippen molar-refractivity contribution in [3.63, 3.8) is 0 Å². The Morgan fingerprint density at radius 2 is 1.74 bits per heavy atom. The third kappa shape index (κ3) is 3.08. The number of fused-ring (bicyclic) bond motifs is 3. The number of ether oxygens (including phenoxy) is 6. The number of hydrogen-bond acceptors (Lipinski definition) is 15. The number of aliphatic hydroxyl groups is 5. The zero-order valence-corrected chi connectivity index (χ0v) is 29.1. The number of methoxy groups -OCH3 is 1. The van der Waals surface area contributed by atoms with Crippen LogP contribution in [0.1, 0.15) is 73.0 Å². The van der Waals surface area contributed by atoms with Crippen molar-refractivity contribution >= 4 is 17.9 Å². The minimum absolute atomic E-state index is 0.113. The Bertz CT molecular complexity index is 1740. The lowest BCUT2D eigenvalue weighted by Crippen LogP contribution is -2.97. The fourth-order valence-electron chi connectivity index (χ4n) is 12.6. The van der Waals surface area contributed by atoms with Crippen molar-refractivity contribution in [2.45, 2.75) is 120 Å². The first kappa shape index (κ1) is 34.1. The second kappa shape index (κ2) is 9.48. The van der Waals surface area contributed by atoms with Gasteiger partial charge in [-0.2, -0.15) is 0 Å². The number of aliphatic hydroxyl groups excluding tert-OH is 4. The van der Waals surface area contributed by atoms with Gasteiger partial charge in [-0.1, -0.05) is 34.6 Å². The Kier molecular flexibility index (Phi) is 6.46. The lowest BCUT2D eigenvalue weighted by atomic mass is 9.32. The molecule has 15 nitrogen and oxygen atoms in total. The monoisotopic (exact) mass is 704 g/mol. The van der Waals surface area contributed by atoms with Crippen molar-refractivity contribution in [2.75, 3.05) is 7.11 Å². The summed E-state index contributed by atoms with van der Waals surface area (Å²) >= 11 is 0. The second-order valence-electron chi connectivity index (χ2n) is 16.4. The van der Waals surface area contributed by atoms with E-state index in [1.807, 2.05) is 0 Å². The molecule has 15 atom stereocenters. The van der Waals surface area contributed by atoms with Gasteiger partial charge in [0.05, 0.1) is 37.4 Å². The fraction of sp³-hybridized carbons (Fsp3) is 0.743. The number of cyclic esters (lactones) is 1. The number of hydrogen-bond donors (Lipinski definition) is 5. The van der Waals surface area contributed by atoms with Gasteiger partial charge in [-0.15, -0.1) is 0 Å². The highest BCUT2D eigenvalue weighted by Gasteiger charge is 3.05. The van der Waals surface area contributed by atoms with Gasteiger partial charge in [0, 0.05) is 53.9 Å². The van der Waals surface area contributed by atoms with Gasteiger partial charge in [0.15, 0.2) is 17.3 Å². The Morgan fingerprint density at radius 3 is 2.32 bits per heavy atom. The van der Waals surface area contributed by atoms with Gasteiger partial charge >= 0.3 is 17.9 Å². The molecule has 2 unspecified atom stereocenters. The predicted octanol–water partition coefficient (Wildman–Crippen LogP) is 1.32. The maximum Gasteiger partial charge on any atom is 0.338 e. The van der Waals surface area contributed by atoms with Crippen LogP contribution in [0, 0.1) is 34.0 Å². The van der Waals surface area contributed by atoms with Gasteiger partial charge in [-0.05, 0) is 18.4 Å². The molecule has 1 aromatic heterocycles. The first-order valence-electron chi connectivity index (χ1n) is 16.9. The molecule has 15 heteroatoms. The Balaban J connectivity index is 1.56. The van der Waals surface area contributed by atoms with E-state index in [0.29, 0.717) is 0 Å². The van der Waals surface area contributed by atoms with E-state index in [1.54, 1.807) is 27.7 Å². The summed E-state index contributed by atoms with van der Waals surface area (Å²) in [6.45, 7) is 10.6. The average Bonchev–Trinajstić information content (AvgIpc) is 3.74. The highest BCUT2D eigenvalue weighted by atomic mass is 16.9. The van der Waals surface area contributed by atoms with E-state index in [4.69, 9.17) is 32.8 Å². The molecule has 3 saturated heterocycles. The van der Waals surface area contributed by atoms with Crippen molar-refractivity contribution in [2.24, 2.45) is 34.0 Å². The molecule has 274 valence electrons. The molecule has 3 aliphatic heterocycles. The summed E-state index contributed by atoms with van der Waals surface area (Å²) in [5.41, 5.74) is -14.2. The van der Waals surface area contributed by atoms with Gasteiger partial charge in [0.2, 0.25) is 0 Å². The standard InChI is InChI=1S/C35H44O15/c1-14(2)20(38)19-21-29(5,24(47-25(19)41)16-9-10-45-12-16)22(39)23(40)35-30(6)17(11-18(37)44-8)28(4)13-32(30)33(43,26(28)42)27(46-15(3)36)34(21,35)49-31(7,48-32)50-35/h9-10,12,14,17,21-24,26-27,38-40,42-43H,11,13H2,1-8H3/b20-19-/t17-,21+,22-,23+,24-,26-,27+,28+,29-,30+,31?,32?,33-,34+,35-/m0/s1. The lowest BCUT2D eigenvalue weighted by molar-refractivity contribution is -0.491. The number of carbonyl (C=O) groups excluding carboxylic acids is 3. The minimum atomic E-state index is -2.53. The lowest BCUT2D eigenvalue weighted by Gasteiger charge is -2.78. The molecule has 0 radical (unpaired) electrons. The number of furan rings is 1. The van der Waals surface area contributed by atoms with Crippen LogP contribution < -0.4 is 0 Å². The minimum Gasteiger partial charge on any atom is -0.511 e. The molecule has 2 spiro atoms. The summed E-state index contributed by atoms with van der Waals surface area (Å²) in [7, 11) is 1.21. The Morgan fingerprint density at radius 1 is 1.06 bits per heavy atom. The molecule has 4 aliphatic carbocycles. The van der Waals surface area contributed by atoms with Gasteiger partial charge in [-0.3, -0.25) is 9.59 Å². The normalized spacial score (nSPS) is 54.7. The van der Waals surface area contributed by atoms with E-state index in [0.717, 1.165) is 6.92 Å². The van der Waals surface area contributed by atoms with Gasteiger partial charge < -0.3 is 58.4 Å². The average molecular weight is 705 g/mol. The van der Waals surface area contributed by atoms with E-state index in [1.165, 1.54) is 39.5 Å². The molecular weight excluding hydrogens is 660 g/mol. The molecule has 4 heterocycles. The molecular formula is C35H44O15. The highest BCUT2D eigenvalue weighted by molar-refractivity contribution is 5.92. The molecule has 4 saturated carbocycles. The van der Waals surface area contributed by atoms with E-state index in [2.05, 4.69) is 0 Å². The van der Waals surface area contributed by atoms with Crippen molar-refractivity contribution < 1.29 is 72.8 Å². The third-order valence-corrected chi connectivity index (χ3v) is 14.1. The van der Waals surface area contributed by atoms with Crippen LogP contribution in [0.4, 0.5) is 0 Å².